The highest BCUT2D eigenvalue weighted by molar-refractivity contribution is 5.99. The number of carbonyl (C=O) groups excluding carboxylic acids is 4. The number of carbonyl (C=O) groups is 4. The molecule has 3 fully saturated rings. The lowest BCUT2D eigenvalue weighted by Gasteiger charge is -2.63. The third-order valence-corrected chi connectivity index (χ3v) is 16.2. The second-order valence-electron chi connectivity index (χ2n) is 19.3. The van der Waals surface area contributed by atoms with Crippen LogP contribution in [0.15, 0.2) is 42.5 Å². The molecule has 65 heavy (non-hydrogen) atoms. The van der Waals surface area contributed by atoms with Crippen molar-refractivity contribution in [1.82, 2.24) is 14.8 Å². The van der Waals surface area contributed by atoms with Gasteiger partial charge in [0.05, 0.1) is 39.5 Å². The number of nitrogens with one attached hydrogen (secondary N) is 1. The number of likely N-dealkylation sites (N-methyl/N-ethyl adjacent to an activating group) is 1. The van der Waals surface area contributed by atoms with Crippen LogP contribution in [0.5, 0.6) is 5.75 Å². The van der Waals surface area contributed by atoms with Crippen molar-refractivity contribution in [1.29, 1.82) is 0 Å². The summed E-state index contributed by atoms with van der Waals surface area (Å²) in [5, 5.41) is 14.1. The second-order valence-corrected chi connectivity index (χ2v) is 19.3. The molecule has 3 aromatic rings. The number of rotatable bonds is 9. The van der Waals surface area contributed by atoms with Crippen LogP contribution in [0, 0.1) is 17.3 Å². The molecular weight excluding hydrogens is 843 g/mol. The number of benzene rings is 2. The summed E-state index contributed by atoms with van der Waals surface area (Å²) < 4.78 is 60.2. The van der Waals surface area contributed by atoms with Gasteiger partial charge in [0.1, 0.15) is 11.2 Å². The van der Waals surface area contributed by atoms with Crippen LogP contribution in [0.25, 0.3) is 10.9 Å². The van der Waals surface area contributed by atoms with Crippen molar-refractivity contribution in [2.45, 2.75) is 100 Å². The molecule has 2 bridgehead atoms. The summed E-state index contributed by atoms with van der Waals surface area (Å²) in [6.07, 6.45) is 4.08. The number of hydrogen-bond acceptors (Lipinski definition) is 13. The fourth-order valence-electron chi connectivity index (χ4n) is 13.8. The average molecular weight is 903 g/mol. The lowest BCUT2D eigenvalue weighted by molar-refractivity contribution is -0.228. The van der Waals surface area contributed by atoms with Crippen LogP contribution in [0.4, 0.5) is 14.5 Å². The third kappa shape index (κ3) is 6.24. The maximum atomic E-state index is 15.5. The highest BCUT2D eigenvalue weighted by atomic mass is 19.3. The predicted molar refractivity (Wildman–Crippen MR) is 235 cm³/mol. The zero-order chi connectivity index (χ0) is 46.6. The van der Waals surface area contributed by atoms with Crippen molar-refractivity contribution in [3.05, 3.63) is 70.4 Å². The molecule has 9 rings (SSSR count). The number of halogens is 2. The zero-order valence-electron chi connectivity index (χ0n) is 38.4. The number of H-pyrrole nitrogens is 1. The van der Waals surface area contributed by atoms with E-state index in [0.29, 0.717) is 84.6 Å². The van der Waals surface area contributed by atoms with Crippen molar-refractivity contribution in [3.8, 4) is 5.75 Å². The Morgan fingerprint density at radius 2 is 1.74 bits per heavy atom. The van der Waals surface area contributed by atoms with Gasteiger partial charge in [0.15, 0.2) is 6.10 Å². The van der Waals surface area contributed by atoms with E-state index in [1.807, 2.05) is 36.1 Å². The highest BCUT2D eigenvalue weighted by Gasteiger charge is 2.80. The first-order valence-electron chi connectivity index (χ1n) is 22.8. The van der Waals surface area contributed by atoms with E-state index in [4.69, 9.17) is 23.7 Å². The van der Waals surface area contributed by atoms with Gasteiger partial charge >= 0.3 is 23.9 Å². The van der Waals surface area contributed by atoms with Gasteiger partial charge in [-0.15, -0.1) is 0 Å². The number of aromatic amines is 1. The van der Waals surface area contributed by atoms with Gasteiger partial charge in [0.2, 0.25) is 11.5 Å². The summed E-state index contributed by atoms with van der Waals surface area (Å²) in [5.41, 5.74) is -2.16. The minimum Gasteiger partial charge on any atom is -0.496 e. The summed E-state index contributed by atoms with van der Waals surface area (Å²) >= 11 is 0. The number of anilines is 1. The molecule has 0 radical (unpaired) electrons. The number of alkyl halides is 2. The molecule has 2 N–H and O–H groups in total. The molecule has 2 aromatic carbocycles. The molecule has 350 valence electrons. The minimum absolute atomic E-state index is 0.0620. The maximum Gasteiger partial charge on any atom is 0.344 e. The first-order chi connectivity index (χ1) is 30.9. The Morgan fingerprint density at radius 1 is 0.985 bits per heavy atom. The number of nitrogens with zero attached hydrogens (tertiary/aromatic N) is 3. The number of methoxy groups -OCH3 is 3. The number of piperidine rings is 1. The van der Waals surface area contributed by atoms with Gasteiger partial charge < -0.3 is 43.6 Å². The topological polar surface area (TPSA) is 160 Å². The van der Waals surface area contributed by atoms with E-state index in [-0.39, 0.29) is 26.0 Å². The van der Waals surface area contributed by atoms with Crippen LogP contribution < -0.4 is 9.64 Å². The average Bonchev–Trinajstić information content (AvgIpc) is 3.94. The molecule has 1 aliphatic carbocycles. The van der Waals surface area contributed by atoms with Crippen LogP contribution >= 0.6 is 0 Å². The van der Waals surface area contributed by atoms with Gasteiger partial charge in [-0.25, -0.2) is 18.4 Å². The van der Waals surface area contributed by atoms with E-state index in [2.05, 4.69) is 14.8 Å². The lowest BCUT2D eigenvalue weighted by atomic mass is 9.47. The molecule has 6 heterocycles. The largest absolute Gasteiger partial charge is 0.496 e. The summed E-state index contributed by atoms with van der Waals surface area (Å²) in [4.78, 5) is 66.0. The third-order valence-electron chi connectivity index (χ3n) is 16.2. The fourth-order valence-corrected chi connectivity index (χ4v) is 13.8. The Morgan fingerprint density at radius 3 is 2.40 bits per heavy atom. The van der Waals surface area contributed by atoms with Gasteiger partial charge in [-0.3, -0.25) is 14.5 Å². The van der Waals surface area contributed by atoms with E-state index in [1.54, 1.807) is 32.2 Å². The van der Waals surface area contributed by atoms with Gasteiger partial charge in [-0.05, 0) is 93.8 Å². The van der Waals surface area contributed by atoms with E-state index in [9.17, 15) is 19.5 Å². The molecular formula is C49H60F2N4O10. The second kappa shape index (κ2) is 15.8. The van der Waals surface area contributed by atoms with Crippen LogP contribution in [0.2, 0.25) is 0 Å². The Hall–Kier alpha value is -5.06. The van der Waals surface area contributed by atoms with Crippen molar-refractivity contribution in [2.24, 2.45) is 17.3 Å². The molecule has 0 amide bonds. The molecule has 1 aromatic heterocycles. The van der Waals surface area contributed by atoms with Crippen molar-refractivity contribution in [3.63, 3.8) is 0 Å². The summed E-state index contributed by atoms with van der Waals surface area (Å²) in [5.74, 6) is -6.82. The number of esters is 4. The molecule has 2 saturated heterocycles. The van der Waals surface area contributed by atoms with Gasteiger partial charge in [0.25, 0.3) is 0 Å². The van der Waals surface area contributed by atoms with E-state index < -0.39 is 81.7 Å². The van der Waals surface area contributed by atoms with Crippen molar-refractivity contribution >= 4 is 40.5 Å². The number of fused-ring (bicyclic) bond motifs is 6. The van der Waals surface area contributed by atoms with E-state index >= 15 is 13.6 Å². The van der Waals surface area contributed by atoms with Crippen LogP contribution in [0.1, 0.15) is 86.1 Å². The molecule has 1 saturated carbocycles. The van der Waals surface area contributed by atoms with Crippen LogP contribution in [-0.2, 0) is 50.6 Å². The Bertz CT molecular complexity index is 2490. The smallest absolute Gasteiger partial charge is 0.344 e. The first kappa shape index (κ1) is 45.1. The molecule has 6 aliphatic rings. The number of hydrogen-bond donors (Lipinski definition) is 2. The van der Waals surface area contributed by atoms with Gasteiger partial charge in [-0.2, -0.15) is 0 Å². The Kier molecular flexibility index (Phi) is 11.0. The number of aliphatic hydroxyl groups is 1. The zero-order valence-corrected chi connectivity index (χ0v) is 38.4. The number of ether oxygens (including phenoxy) is 5. The monoisotopic (exact) mass is 902 g/mol. The van der Waals surface area contributed by atoms with Crippen LogP contribution in [0.3, 0.4) is 0 Å². The first-order valence-corrected chi connectivity index (χ1v) is 22.8. The van der Waals surface area contributed by atoms with Crippen LogP contribution in [-0.4, -0.2) is 141 Å². The fraction of sp³-hybridized carbons (Fsp3) is 0.592. The number of aromatic nitrogens is 1. The molecule has 14 nitrogen and oxygen atoms in total. The van der Waals surface area contributed by atoms with Crippen molar-refractivity contribution in [2.75, 3.05) is 72.6 Å². The molecule has 16 heteroatoms. The Labute approximate surface area is 377 Å². The maximum absolute atomic E-state index is 15.5. The molecule has 10 atom stereocenters. The predicted octanol–water partition coefficient (Wildman–Crippen LogP) is 5.30. The molecule has 5 aliphatic heterocycles. The normalized spacial score (nSPS) is 33.7. The lowest BCUT2D eigenvalue weighted by Crippen LogP contribution is -2.81. The highest BCUT2D eigenvalue weighted by Crippen LogP contribution is 2.68. The van der Waals surface area contributed by atoms with Gasteiger partial charge in [0, 0.05) is 96.9 Å². The quantitative estimate of drug-likeness (QED) is 0.162. The summed E-state index contributed by atoms with van der Waals surface area (Å²) in [7, 11) is 5.83. The Balaban J connectivity index is 1.36. The summed E-state index contributed by atoms with van der Waals surface area (Å²) in [6, 6.07) is 7.59. The van der Waals surface area contributed by atoms with Crippen molar-refractivity contribution < 1.29 is 56.7 Å². The molecule has 1 spiro atoms. The van der Waals surface area contributed by atoms with Gasteiger partial charge in [-0.1, -0.05) is 19.1 Å². The molecule has 1 unspecified atom stereocenters. The standard InChI is InChI=1S/C49H60F2N4O10/c1-9-46-15-11-17-55-19-16-47(40(46)55)33-22-34(37(61-6)23-36(33)53(5)41(47)49(60,44(59)63-8)42(46)65-27(3)56)48(43(58)62-7)24-28-20-30(45(4,50)51)26-54(25-28)18-14-31-32-21-29(39(57)64-10-2)12-13-35(32)52-38(31)48/h11-13,15,21-23,28,30,40-42,52,60H,9-10,14,16-20,24-26H2,1-8H3/t28-,30-,40+,41-,42-,46-,47-,48+,49+/m1/s1. The van der Waals surface area contributed by atoms with E-state index in [0.717, 1.165) is 18.1 Å². The SMILES string of the molecule is CCOC(=O)c1ccc2[nH]c3c(c2c1)CCN1C[C@H](C[C@@H](C(C)(F)F)C1)C[C@]3(C(=O)OC)c1cc2c(cc1OC)N(C)[C@H]1[C@@](O)(C(=O)OC)[C@H](OC(C)=O)[C@]3(CC)C=CCN4CC[C@]21[C@@H]43. The van der Waals surface area contributed by atoms with E-state index in [1.165, 1.54) is 28.3 Å². The summed E-state index contributed by atoms with van der Waals surface area (Å²) in [6.45, 7) is 8.30. The minimum atomic E-state index is -2.99.